The minimum Gasteiger partial charge on any atom is -0.211 e. The second-order valence-electron chi connectivity index (χ2n) is 3.43. The quantitative estimate of drug-likeness (QED) is 0.924. The summed E-state index contributed by atoms with van der Waals surface area (Å²) in [5, 5.41) is 0.391. The first-order chi connectivity index (χ1) is 7.38. The highest BCUT2D eigenvalue weighted by Gasteiger charge is 2.17. The molecule has 0 aliphatic carbocycles. The van der Waals surface area contributed by atoms with Crippen LogP contribution in [0.4, 0.5) is 0 Å². The SMILES string of the molecule is CCCNS(=O)(=O)c1cc(Cl)c(Br)cc1C. The Morgan fingerprint density at radius 2 is 2.06 bits per heavy atom. The number of benzene rings is 1. The van der Waals surface area contributed by atoms with Gasteiger partial charge in [0.15, 0.2) is 0 Å². The molecule has 16 heavy (non-hydrogen) atoms. The van der Waals surface area contributed by atoms with E-state index in [1.807, 2.05) is 6.92 Å². The van der Waals surface area contributed by atoms with Gasteiger partial charge in [-0.05, 0) is 47.0 Å². The summed E-state index contributed by atoms with van der Waals surface area (Å²) >= 11 is 9.14. The second-order valence-corrected chi connectivity index (χ2v) is 6.43. The third-order valence-corrected chi connectivity index (χ3v) is 4.85. The fraction of sp³-hybridized carbons (Fsp3) is 0.400. The molecule has 3 nitrogen and oxygen atoms in total. The predicted octanol–water partition coefficient (Wildman–Crippen LogP) is 3.10. The summed E-state index contributed by atoms with van der Waals surface area (Å²) in [4.78, 5) is 0.231. The average molecular weight is 327 g/mol. The summed E-state index contributed by atoms with van der Waals surface area (Å²) in [7, 11) is -3.45. The van der Waals surface area contributed by atoms with E-state index in [9.17, 15) is 8.42 Å². The van der Waals surface area contributed by atoms with Crippen LogP contribution in [0.15, 0.2) is 21.5 Å². The smallest absolute Gasteiger partial charge is 0.211 e. The molecule has 0 saturated carbocycles. The molecule has 0 spiro atoms. The molecule has 0 atom stereocenters. The Kier molecular flexibility index (Phi) is 4.79. The topological polar surface area (TPSA) is 46.2 Å². The third-order valence-electron chi connectivity index (χ3n) is 2.05. The van der Waals surface area contributed by atoms with Gasteiger partial charge in [0.05, 0.1) is 9.92 Å². The summed E-state index contributed by atoms with van der Waals surface area (Å²) in [5.74, 6) is 0. The molecule has 1 rings (SSSR count). The van der Waals surface area contributed by atoms with E-state index in [0.29, 0.717) is 21.6 Å². The number of aryl methyl sites for hydroxylation is 1. The summed E-state index contributed by atoms with van der Waals surface area (Å²) < 4.78 is 27.0. The highest BCUT2D eigenvalue weighted by atomic mass is 79.9. The number of sulfonamides is 1. The van der Waals surface area contributed by atoms with Gasteiger partial charge in [-0.25, -0.2) is 13.1 Å². The molecule has 0 aromatic heterocycles. The fourth-order valence-corrected chi connectivity index (χ4v) is 3.30. The van der Waals surface area contributed by atoms with Crippen LogP contribution in [0.25, 0.3) is 0 Å². The molecule has 0 saturated heterocycles. The van der Waals surface area contributed by atoms with Gasteiger partial charge >= 0.3 is 0 Å². The molecule has 0 bridgehead atoms. The third kappa shape index (κ3) is 3.20. The van der Waals surface area contributed by atoms with Crippen molar-refractivity contribution in [2.45, 2.75) is 25.2 Å². The summed E-state index contributed by atoms with van der Waals surface area (Å²) in [5.41, 5.74) is 0.667. The molecule has 90 valence electrons. The van der Waals surface area contributed by atoms with Crippen molar-refractivity contribution in [2.75, 3.05) is 6.54 Å². The van der Waals surface area contributed by atoms with E-state index in [1.165, 1.54) is 6.07 Å². The fourth-order valence-electron chi connectivity index (χ4n) is 1.23. The van der Waals surface area contributed by atoms with Gasteiger partial charge in [-0.3, -0.25) is 0 Å². The van der Waals surface area contributed by atoms with Crippen molar-refractivity contribution >= 4 is 37.6 Å². The summed E-state index contributed by atoms with van der Waals surface area (Å²) in [6, 6.07) is 3.15. The highest BCUT2D eigenvalue weighted by Crippen LogP contribution is 2.28. The number of nitrogens with one attached hydrogen (secondary N) is 1. The van der Waals surface area contributed by atoms with Crippen LogP contribution >= 0.6 is 27.5 Å². The van der Waals surface area contributed by atoms with Crippen molar-refractivity contribution in [3.8, 4) is 0 Å². The maximum atomic E-state index is 11.9. The number of halogens is 2. The van der Waals surface area contributed by atoms with Gasteiger partial charge in [-0.2, -0.15) is 0 Å². The molecule has 0 amide bonds. The molecule has 0 radical (unpaired) electrons. The van der Waals surface area contributed by atoms with Crippen LogP contribution in [0.1, 0.15) is 18.9 Å². The Labute approximate surface area is 109 Å². The van der Waals surface area contributed by atoms with E-state index in [0.717, 1.165) is 6.42 Å². The standard InChI is InChI=1S/C10H13BrClNO2S/c1-3-4-13-16(14,15)10-6-9(12)8(11)5-7(10)2/h5-6,13H,3-4H2,1-2H3. The summed E-state index contributed by atoms with van der Waals surface area (Å²) in [6.45, 7) is 4.07. The first kappa shape index (κ1) is 14.0. The van der Waals surface area contributed by atoms with E-state index in [1.54, 1.807) is 13.0 Å². The van der Waals surface area contributed by atoms with Gasteiger partial charge < -0.3 is 0 Å². The molecule has 0 unspecified atom stereocenters. The number of rotatable bonds is 4. The first-order valence-corrected chi connectivity index (χ1v) is 7.49. The van der Waals surface area contributed by atoms with E-state index in [2.05, 4.69) is 20.7 Å². The van der Waals surface area contributed by atoms with E-state index in [-0.39, 0.29) is 4.90 Å². The lowest BCUT2D eigenvalue weighted by atomic mass is 10.2. The van der Waals surface area contributed by atoms with Gasteiger partial charge in [0.25, 0.3) is 0 Å². The molecule has 1 aromatic rings. The monoisotopic (exact) mass is 325 g/mol. The van der Waals surface area contributed by atoms with Crippen molar-refractivity contribution in [1.82, 2.24) is 4.72 Å². The molecule has 0 aliphatic heterocycles. The molecule has 0 fully saturated rings. The Morgan fingerprint density at radius 3 is 2.62 bits per heavy atom. The predicted molar refractivity (Wildman–Crippen MR) is 69.4 cm³/mol. The van der Waals surface area contributed by atoms with E-state index in [4.69, 9.17) is 11.6 Å². The van der Waals surface area contributed by atoms with Crippen LogP contribution in [0, 0.1) is 6.92 Å². The van der Waals surface area contributed by atoms with E-state index < -0.39 is 10.0 Å². The maximum absolute atomic E-state index is 11.9. The molecule has 0 aliphatic rings. The number of hydrogen-bond acceptors (Lipinski definition) is 2. The van der Waals surface area contributed by atoms with Crippen molar-refractivity contribution in [3.05, 3.63) is 27.2 Å². The second kappa shape index (κ2) is 5.49. The van der Waals surface area contributed by atoms with Crippen LogP contribution in [-0.2, 0) is 10.0 Å². The lowest BCUT2D eigenvalue weighted by Gasteiger charge is -2.09. The Hall–Kier alpha value is -0.100. The molecule has 6 heteroatoms. The maximum Gasteiger partial charge on any atom is 0.240 e. The zero-order valence-corrected chi connectivity index (χ0v) is 12.2. The molecule has 1 N–H and O–H groups in total. The van der Waals surface area contributed by atoms with Crippen LogP contribution in [0.2, 0.25) is 5.02 Å². The largest absolute Gasteiger partial charge is 0.240 e. The van der Waals surface area contributed by atoms with Crippen molar-refractivity contribution in [1.29, 1.82) is 0 Å². The van der Waals surface area contributed by atoms with Crippen molar-refractivity contribution < 1.29 is 8.42 Å². The van der Waals surface area contributed by atoms with Crippen LogP contribution in [0.3, 0.4) is 0 Å². The van der Waals surface area contributed by atoms with Gasteiger partial charge in [0.2, 0.25) is 10.0 Å². The average Bonchev–Trinajstić information content (AvgIpc) is 2.20. The zero-order valence-electron chi connectivity index (χ0n) is 9.05. The van der Waals surface area contributed by atoms with Gasteiger partial charge in [0.1, 0.15) is 0 Å². The van der Waals surface area contributed by atoms with Crippen LogP contribution < -0.4 is 4.72 Å². The highest BCUT2D eigenvalue weighted by molar-refractivity contribution is 9.10. The molecule has 1 aromatic carbocycles. The van der Waals surface area contributed by atoms with Crippen LogP contribution in [0.5, 0.6) is 0 Å². The van der Waals surface area contributed by atoms with E-state index >= 15 is 0 Å². The Bertz CT molecular complexity index is 488. The van der Waals surface area contributed by atoms with Crippen molar-refractivity contribution in [3.63, 3.8) is 0 Å². The van der Waals surface area contributed by atoms with Crippen LogP contribution in [-0.4, -0.2) is 15.0 Å². The lowest BCUT2D eigenvalue weighted by Crippen LogP contribution is -2.25. The van der Waals surface area contributed by atoms with Gasteiger partial charge in [0, 0.05) is 11.0 Å². The normalized spacial score (nSPS) is 11.8. The van der Waals surface area contributed by atoms with Gasteiger partial charge in [-0.15, -0.1) is 0 Å². The zero-order chi connectivity index (χ0) is 12.3. The number of hydrogen-bond donors (Lipinski definition) is 1. The minimum atomic E-state index is -3.45. The first-order valence-electron chi connectivity index (χ1n) is 4.83. The lowest BCUT2D eigenvalue weighted by molar-refractivity contribution is 0.580. The molecular weight excluding hydrogens is 314 g/mol. The summed E-state index contributed by atoms with van der Waals surface area (Å²) in [6.07, 6.45) is 0.753. The van der Waals surface area contributed by atoms with Gasteiger partial charge in [-0.1, -0.05) is 18.5 Å². The Morgan fingerprint density at radius 1 is 1.44 bits per heavy atom. The molecule has 0 heterocycles. The minimum absolute atomic E-state index is 0.231. The molecular formula is C10H13BrClNO2S. The van der Waals surface area contributed by atoms with Crippen molar-refractivity contribution in [2.24, 2.45) is 0 Å². The Balaban J connectivity index is 3.18.